The van der Waals surface area contributed by atoms with Gasteiger partial charge in [-0.25, -0.2) is 0 Å². The number of rotatable bonds is 15. The first-order valence-electron chi connectivity index (χ1n) is 50.6. The van der Waals surface area contributed by atoms with E-state index in [1.165, 1.54) is 271 Å². The van der Waals surface area contributed by atoms with E-state index in [4.69, 9.17) is 0 Å². The first-order chi connectivity index (χ1) is 71.9. The fourth-order valence-corrected chi connectivity index (χ4v) is 27.5. The van der Waals surface area contributed by atoms with Crippen molar-refractivity contribution in [3.63, 3.8) is 0 Å². The van der Waals surface area contributed by atoms with Crippen molar-refractivity contribution in [3.05, 3.63) is 558 Å². The van der Waals surface area contributed by atoms with Crippen molar-refractivity contribution >= 4 is 200 Å². The van der Waals surface area contributed by atoms with E-state index in [-0.39, 0.29) is 0 Å². The molecule has 0 unspecified atom stereocenters. The van der Waals surface area contributed by atoms with Crippen molar-refractivity contribution in [2.45, 2.75) is 0 Å². The summed E-state index contributed by atoms with van der Waals surface area (Å²) < 4.78 is 0. The van der Waals surface area contributed by atoms with Crippen LogP contribution in [0, 0.1) is 0 Å². The summed E-state index contributed by atoms with van der Waals surface area (Å²) in [4.78, 5) is 0. The van der Waals surface area contributed by atoms with Gasteiger partial charge in [-0.3, -0.25) is 0 Å². The molecule has 0 atom stereocenters. The van der Waals surface area contributed by atoms with Crippen LogP contribution in [0.3, 0.4) is 0 Å². The van der Waals surface area contributed by atoms with E-state index in [2.05, 4.69) is 558 Å². The Morgan fingerprint density at radius 1 is 0.0897 bits per heavy atom. The topological polar surface area (TPSA) is 0 Å². The Morgan fingerprint density at radius 2 is 0.331 bits per heavy atom. The Bertz CT molecular complexity index is 9870. The average molecular weight is 1890 g/mol. The van der Waals surface area contributed by atoms with Gasteiger partial charge >= 0.3 is 0 Å². The summed E-state index contributed by atoms with van der Waals surface area (Å²) in [6.07, 6.45) is 0. The first kappa shape index (κ1) is 87.4. The molecule has 0 aliphatic rings. The van der Waals surface area contributed by atoms with Crippen LogP contribution in [0.1, 0.15) is 0 Å². The van der Waals surface area contributed by atoms with Gasteiger partial charge in [-0.1, -0.05) is 559 Å². The minimum Gasteiger partial charge on any atom is -0.0633 e. The van der Waals surface area contributed by atoms with Crippen LogP contribution in [0.25, 0.3) is 240 Å². The molecule has 28 aromatic rings. The maximum absolute atomic E-state index is 2.52. The van der Waals surface area contributed by atoms with Crippen molar-refractivity contribution in [1.29, 1.82) is 0 Å². The Morgan fingerprint density at radius 3 is 0.703 bits per heavy atom. The molecule has 0 fully saturated rings. The fraction of sp³-hybridized carbons (Fsp3) is 0. The minimum absolute atomic E-state index is 0.629. The molecule has 0 heterocycles. The van der Waals surface area contributed by atoms with Crippen molar-refractivity contribution in [2.24, 2.45) is 0 Å². The average Bonchev–Trinajstić information content (AvgIpc) is 0.720. The zero-order valence-electron chi connectivity index (χ0n) is 80.2. The first-order valence-corrected chi connectivity index (χ1v) is 54.8. The van der Waals surface area contributed by atoms with Crippen LogP contribution in [0.15, 0.2) is 558 Å². The second-order valence-electron chi connectivity index (χ2n) is 38.7. The Labute approximate surface area is 851 Å². The van der Waals surface area contributed by atoms with Crippen LogP contribution in [-0.4, -0.2) is 28.6 Å². The molecule has 0 nitrogen and oxygen atoms in total. The number of hydrogen-bond donors (Lipinski definition) is 0. The Balaban J connectivity index is 0.000000111. The van der Waals surface area contributed by atoms with Crippen molar-refractivity contribution < 1.29 is 0 Å². The van der Waals surface area contributed by atoms with Gasteiger partial charge in [0, 0.05) is 0 Å². The molecule has 0 spiro atoms. The summed E-state index contributed by atoms with van der Waals surface area (Å²) in [5.74, 6) is 0. The number of hydrogen-bond acceptors (Lipinski definition) is 0. The monoisotopic (exact) mass is 1890 g/mol. The zero-order valence-corrected chi connectivity index (χ0v) is 84.5. The van der Waals surface area contributed by atoms with Crippen molar-refractivity contribution in [2.75, 3.05) is 0 Å². The highest BCUT2D eigenvalue weighted by molar-refractivity contribution is 6.69. The predicted molar refractivity (Wildman–Crippen MR) is 639 cm³/mol. The van der Waals surface area contributed by atoms with Gasteiger partial charge in [0.2, 0.25) is 0 Å². The molecule has 28 rings (SSSR count). The lowest BCUT2D eigenvalue weighted by Crippen LogP contribution is -2.26. The third-order valence-electron chi connectivity index (χ3n) is 29.9. The largest absolute Gasteiger partial charge is 0.0875 e. The summed E-state index contributed by atoms with van der Waals surface area (Å²) >= 11 is 0. The molecule has 0 saturated heterocycles. The van der Waals surface area contributed by atoms with Gasteiger partial charge in [0.1, 0.15) is 0 Å². The minimum atomic E-state index is -0.670. The normalized spacial score (nSPS) is 11.8. The van der Waals surface area contributed by atoms with Gasteiger partial charge < -0.3 is 0 Å². The van der Waals surface area contributed by atoms with E-state index in [1.54, 1.807) is 0 Å². The van der Waals surface area contributed by atoms with Crippen LogP contribution in [0.2, 0.25) is 0 Å². The molecule has 28 aromatic carbocycles. The lowest BCUT2D eigenvalue weighted by Gasteiger charge is -2.20. The third-order valence-corrected chi connectivity index (χ3v) is 35.1. The van der Waals surface area contributed by atoms with Crippen molar-refractivity contribution in [3.8, 4) is 100 Å². The smallest absolute Gasteiger partial charge is 0.0633 e. The quantitative estimate of drug-likeness (QED) is 0.0545. The fourth-order valence-electron chi connectivity index (χ4n) is 23.0. The summed E-state index contributed by atoms with van der Waals surface area (Å²) in [6.45, 7) is 0. The van der Waals surface area contributed by atoms with Gasteiger partial charge in [-0.15, -0.1) is 0 Å². The second kappa shape index (κ2) is 38.3. The van der Waals surface area contributed by atoms with Crippen LogP contribution >= 0.6 is 0 Å². The SMILES string of the molecule is c1ccc([SiH2]c2ccc3c(-c4ccc(-c5ccc6ccccc6c5)cc4)c4ccccc4c(-c4cc5ccccc5c5ccccc45)c3c2)cc1.c1ccc([SiH2]c2ccc3c(-c4ccc(-c5ccc6ccccc6c5)cc4)c4ccccc4c(-c4ccc5ccccc5c4)c3c2)cc1.c1ccc([SiH2]c2ccc3c(-c4ccc(-c5ccc6ccccc6c5)cc4)c4ccccc4c(-c4cccc5ccccc45)c3c2)cc1. The molecular weight excluding hydrogens is 1790 g/mol. The highest BCUT2D eigenvalue weighted by Gasteiger charge is 2.25. The Kier molecular flexibility index (Phi) is 23.1. The van der Waals surface area contributed by atoms with Gasteiger partial charge in [0.05, 0.1) is 28.6 Å². The van der Waals surface area contributed by atoms with Gasteiger partial charge in [-0.05, 0) is 271 Å². The predicted octanol–water partition coefficient (Wildman–Crippen LogP) is 32.4. The molecule has 0 bridgehead atoms. The van der Waals surface area contributed by atoms with E-state index >= 15 is 0 Å². The lowest BCUT2D eigenvalue weighted by atomic mass is 9.83. The van der Waals surface area contributed by atoms with E-state index < -0.39 is 28.6 Å². The molecule has 678 valence electrons. The summed E-state index contributed by atoms with van der Waals surface area (Å²) in [7, 11) is -1.93. The highest BCUT2D eigenvalue weighted by atomic mass is 28.2. The van der Waals surface area contributed by atoms with Gasteiger partial charge in [0.25, 0.3) is 0 Å². The third kappa shape index (κ3) is 16.9. The summed E-state index contributed by atoms with van der Waals surface area (Å²) in [5.41, 5.74) is 22.9. The van der Waals surface area contributed by atoms with Gasteiger partial charge in [-0.2, -0.15) is 0 Å². The van der Waals surface area contributed by atoms with E-state index in [9.17, 15) is 0 Å². The van der Waals surface area contributed by atoms with E-state index in [1.807, 2.05) is 0 Å². The van der Waals surface area contributed by atoms with Crippen LogP contribution in [0.5, 0.6) is 0 Å². The maximum atomic E-state index is 2.52. The molecule has 0 aromatic heterocycles. The molecular formula is C142H98Si3. The maximum Gasteiger partial charge on any atom is 0.0875 e. The standard InChI is InChI=1S/C50H34Si.2C46H32Si/c1-2-15-39(16-3-1)51-40-28-29-46-48(32-40)50(47-31-38-14-6-7-17-41(38)42-18-8-9-19-43(42)47)45-21-11-10-20-44(45)49(46)35-25-22-34(23-26-35)37-27-24-33-12-4-5-13-36(33)30-37;1-2-14-39(15-3-1)47-40-26-27-43-44(30-40)46(38-25-21-32-11-5-7-13-36(32)29-38)42-17-9-8-16-41(42)45(43)34-22-18-33(19-23-34)37-24-20-31-10-4-6-12-35(31)28-37;1-2-15-37(16-3-1)47-38-27-28-43-44(30-38)46(40-20-10-14-33-12-6-7-17-39(33)40)42-19-9-8-18-41(42)45(43)34-24-21-32(22-25-34)36-26-23-31-11-4-5-13-35(31)29-36/h1-32H,51H2;2*1-30H,47H2. The Hall–Kier alpha value is -17.8. The second-order valence-corrected chi connectivity index (χ2v) is 44.7. The lowest BCUT2D eigenvalue weighted by molar-refractivity contribution is 1.63. The molecule has 145 heavy (non-hydrogen) atoms. The number of benzene rings is 28. The number of fused-ring (bicyclic) bond motifs is 14. The summed E-state index contributed by atoms with van der Waals surface area (Å²) in [6, 6.07) is 207. The highest BCUT2D eigenvalue weighted by Crippen LogP contribution is 2.51. The molecule has 0 amide bonds. The molecule has 0 aliphatic heterocycles. The van der Waals surface area contributed by atoms with E-state index in [0.717, 1.165) is 0 Å². The zero-order chi connectivity index (χ0) is 96.0. The van der Waals surface area contributed by atoms with Crippen molar-refractivity contribution in [1.82, 2.24) is 0 Å². The molecule has 0 radical (unpaired) electrons. The van der Waals surface area contributed by atoms with Crippen LogP contribution in [0.4, 0.5) is 0 Å². The van der Waals surface area contributed by atoms with Crippen LogP contribution in [-0.2, 0) is 0 Å². The molecule has 0 N–H and O–H groups in total. The van der Waals surface area contributed by atoms with Crippen LogP contribution < -0.4 is 31.1 Å². The van der Waals surface area contributed by atoms with E-state index in [0.29, 0.717) is 0 Å². The van der Waals surface area contributed by atoms with Gasteiger partial charge in [0.15, 0.2) is 0 Å². The summed E-state index contributed by atoms with van der Waals surface area (Å²) in [5, 5.41) is 42.2. The molecule has 3 heteroatoms. The molecule has 0 saturated carbocycles. The molecule has 0 aliphatic carbocycles.